The van der Waals surface area contributed by atoms with Crippen molar-refractivity contribution in [3.8, 4) is 0 Å². The SMILES string of the molecule is CC(C)(C)C1CN(Cc2ccc(F)cc2F)C(C)(C)CN1. The van der Waals surface area contributed by atoms with E-state index in [0.717, 1.165) is 19.2 Å². The molecular weight excluding hydrogens is 270 g/mol. The normalized spacial score (nSPS) is 23.3. The zero-order chi connectivity index (χ0) is 15.8. The maximum Gasteiger partial charge on any atom is 0.130 e. The lowest BCUT2D eigenvalue weighted by molar-refractivity contribution is 0.0288. The summed E-state index contributed by atoms with van der Waals surface area (Å²) in [4.78, 5) is 2.29. The molecule has 0 amide bonds. The van der Waals surface area contributed by atoms with E-state index in [1.165, 1.54) is 6.07 Å². The molecule has 21 heavy (non-hydrogen) atoms. The van der Waals surface area contributed by atoms with Gasteiger partial charge in [-0.2, -0.15) is 0 Å². The summed E-state index contributed by atoms with van der Waals surface area (Å²) in [6.45, 7) is 13.2. The topological polar surface area (TPSA) is 15.3 Å². The van der Waals surface area contributed by atoms with Gasteiger partial charge in [-0.1, -0.05) is 26.8 Å². The summed E-state index contributed by atoms with van der Waals surface area (Å²) < 4.78 is 26.9. The van der Waals surface area contributed by atoms with Crippen molar-refractivity contribution in [1.29, 1.82) is 0 Å². The molecule has 1 fully saturated rings. The van der Waals surface area contributed by atoms with E-state index >= 15 is 0 Å². The molecule has 0 saturated carbocycles. The first-order valence-corrected chi connectivity index (χ1v) is 7.52. The van der Waals surface area contributed by atoms with Gasteiger partial charge in [-0.25, -0.2) is 8.78 Å². The predicted octanol–water partition coefficient (Wildman–Crippen LogP) is 3.56. The monoisotopic (exact) mass is 296 g/mol. The summed E-state index contributed by atoms with van der Waals surface area (Å²) in [5, 5.41) is 3.59. The van der Waals surface area contributed by atoms with Gasteiger partial charge < -0.3 is 5.32 Å². The van der Waals surface area contributed by atoms with Crippen molar-refractivity contribution in [3.05, 3.63) is 35.4 Å². The van der Waals surface area contributed by atoms with E-state index in [2.05, 4.69) is 44.8 Å². The number of hydrogen-bond donors (Lipinski definition) is 1. The Morgan fingerprint density at radius 2 is 1.95 bits per heavy atom. The van der Waals surface area contributed by atoms with E-state index in [-0.39, 0.29) is 11.0 Å². The van der Waals surface area contributed by atoms with E-state index in [0.29, 0.717) is 18.2 Å². The third-order valence-corrected chi connectivity index (χ3v) is 4.46. The summed E-state index contributed by atoms with van der Waals surface area (Å²) in [7, 11) is 0. The average Bonchev–Trinajstić information content (AvgIpc) is 2.33. The maximum atomic E-state index is 13.9. The molecule has 1 aromatic rings. The number of piperazine rings is 1. The van der Waals surface area contributed by atoms with Crippen LogP contribution in [0.25, 0.3) is 0 Å². The second kappa shape index (κ2) is 5.65. The Kier molecular flexibility index (Phi) is 4.41. The smallest absolute Gasteiger partial charge is 0.130 e. The van der Waals surface area contributed by atoms with Crippen molar-refractivity contribution < 1.29 is 8.78 Å². The first-order chi connectivity index (χ1) is 9.59. The molecule has 0 aliphatic carbocycles. The Hall–Kier alpha value is -1.00. The van der Waals surface area contributed by atoms with Gasteiger partial charge >= 0.3 is 0 Å². The fourth-order valence-electron chi connectivity index (χ4n) is 2.73. The van der Waals surface area contributed by atoms with Crippen LogP contribution < -0.4 is 5.32 Å². The van der Waals surface area contributed by atoms with Gasteiger partial charge in [0.25, 0.3) is 0 Å². The van der Waals surface area contributed by atoms with Gasteiger partial charge in [-0.05, 0) is 25.3 Å². The maximum absolute atomic E-state index is 13.9. The number of hydrogen-bond acceptors (Lipinski definition) is 2. The molecule has 1 saturated heterocycles. The van der Waals surface area contributed by atoms with Gasteiger partial charge in [-0.3, -0.25) is 4.90 Å². The number of rotatable bonds is 2. The van der Waals surface area contributed by atoms with Crippen molar-refractivity contribution in [2.45, 2.75) is 52.7 Å². The number of halogens is 2. The van der Waals surface area contributed by atoms with E-state index in [1.807, 2.05) is 0 Å². The molecule has 2 nitrogen and oxygen atoms in total. The Labute approximate surface area is 126 Å². The minimum atomic E-state index is -0.525. The summed E-state index contributed by atoms with van der Waals surface area (Å²) in [6, 6.07) is 4.20. The first kappa shape index (κ1) is 16.4. The van der Waals surface area contributed by atoms with Crippen LogP contribution in [0.1, 0.15) is 40.2 Å². The zero-order valence-electron chi connectivity index (χ0n) is 13.6. The van der Waals surface area contributed by atoms with E-state index in [1.54, 1.807) is 6.07 Å². The van der Waals surface area contributed by atoms with Crippen LogP contribution in [-0.2, 0) is 6.54 Å². The predicted molar refractivity (Wildman–Crippen MR) is 82.1 cm³/mol. The van der Waals surface area contributed by atoms with Crippen LogP contribution in [0.15, 0.2) is 18.2 Å². The van der Waals surface area contributed by atoms with E-state index < -0.39 is 11.6 Å². The van der Waals surface area contributed by atoms with Gasteiger partial charge in [0, 0.05) is 42.8 Å². The summed E-state index contributed by atoms with van der Waals surface area (Å²) >= 11 is 0. The van der Waals surface area contributed by atoms with Crippen molar-refractivity contribution >= 4 is 0 Å². The number of nitrogens with one attached hydrogen (secondary N) is 1. The highest BCUT2D eigenvalue weighted by Gasteiger charge is 2.38. The van der Waals surface area contributed by atoms with Crippen LogP contribution in [0.3, 0.4) is 0 Å². The molecule has 1 aliphatic rings. The first-order valence-electron chi connectivity index (χ1n) is 7.52. The summed E-state index contributed by atoms with van der Waals surface area (Å²) in [5.74, 6) is -0.986. The second-order valence-corrected chi connectivity index (χ2v) is 7.73. The Morgan fingerprint density at radius 1 is 1.29 bits per heavy atom. The van der Waals surface area contributed by atoms with Crippen molar-refractivity contribution in [2.24, 2.45) is 5.41 Å². The molecule has 118 valence electrons. The minimum Gasteiger partial charge on any atom is -0.310 e. The van der Waals surface area contributed by atoms with Crippen molar-refractivity contribution in [1.82, 2.24) is 10.2 Å². The Bertz CT molecular complexity index is 506. The van der Waals surface area contributed by atoms with Gasteiger partial charge in [0.1, 0.15) is 11.6 Å². The number of benzene rings is 1. The molecule has 0 spiro atoms. The molecule has 4 heteroatoms. The second-order valence-electron chi connectivity index (χ2n) is 7.73. The van der Waals surface area contributed by atoms with Gasteiger partial charge in [0.2, 0.25) is 0 Å². The molecule has 0 aromatic heterocycles. The standard InChI is InChI=1S/C17H26F2N2/c1-16(2,3)15-10-21(17(4,5)11-20-15)9-12-6-7-13(18)8-14(12)19/h6-8,15,20H,9-11H2,1-5H3. The molecule has 1 N–H and O–H groups in total. The summed E-state index contributed by atoms with van der Waals surface area (Å²) in [5.41, 5.74) is 0.651. The molecule has 1 aromatic carbocycles. The van der Waals surface area contributed by atoms with Crippen LogP contribution in [0.2, 0.25) is 0 Å². The van der Waals surface area contributed by atoms with Crippen LogP contribution in [0.4, 0.5) is 8.78 Å². The zero-order valence-corrected chi connectivity index (χ0v) is 13.6. The van der Waals surface area contributed by atoms with Crippen LogP contribution >= 0.6 is 0 Å². The Morgan fingerprint density at radius 3 is 2.52 bits per heavy atom. The fourth-order valence-corrected chi connectivity index (χ4v) is 2.73. The van der Waals surface area contributed by atoms with Gasteiger partial charge in [0.15, 0.2) is 0 Å². The average molecular weight is 296 g/mol. The van der Waals surface area contributed by atoms with Crippen LogP contribution in [0.5, 0.6) is 0 Å². The van der Waals surface area contributed by atoms with E-state index in [9.17, 15) is 8.78 Å². The highest BCUT2D eigenvalue weighted by atomic mass is 19.1. The minimum absolute atomic E-state index is 0.0530. The highest BCUT2D eigenvalue weighted by molar-refractivity contribution is 5.19. The third-order valence-electron chi connectivity index (χ3n) is 4.46. The molecule has 2 rings (SSSR count). The molecule has 0 radical (unpaired) electrons. The highest BCUT2D eigenvalue weighted by Crippen LogP contribution is 2.29. The quantitative estimate of drug-likeness (QED) is 0.897. The molecule has 1 heterocycles. The largest absolute Gasteiger partial charge is 0.310 e. The lowest BCUT2D eigenvalue weighted by Gasteiger charge is -2.49. The lowest BCUT2D eigenvalue weighted by Crippen LogP contribution is -2.64. The Balaban J connectivity index is 2.18. The molecular formula is C17H26F2N2. The van der Waals surface area contributed by atoms with Crippen LogP contribution in [0, 0.1) is 17.0 Å². The molecule has 1 aliphatic heterocycles. The van der Waals surface area contributed by atoms with Gasteiger partial charge in [-0.15, -0.1) is 0 Å². The number of nitrogens with zero attached hydrogens (tertiary/aromatic N) is 1. The van der Waals surface area contributed by atoms with Crippen molar-refractivity contribution in [2.75, 3.05) is 13.1 Å². The molecule has 1 unspecified atom stereocenters. The van der Waals surface area contributed by atoms with Crippen LogP contribution in [-0.4, -0.2) is 29.6 Å². The van der Waals surface area contributed by atoms with Crippen molar-refractivity contribution in [3.63, 3.8) is 0 Å². The fraction of sp³-hybridized carbons (Fsp3) is 0.647. The van der Waals surface area contributed by atoms with E-state index in [4.69, 9.17) is 0 Å². The molecule has 1 atom stereocenters. The summed E-state index contributed by atoms with van der Waals surface area (Å²) in [6.07, 6.45) is 0. The molecule has 0 bridgehead atoms. The third kappa shape index (κ3) is 3.80. The van der Waals surface area contributed by atoms with Gasteiger partial charge in [0.05, 0.1) is 0 Å². The lowest BCUT2D eigenvalue weighted by atomic mass is 9.82.